The Hall–Kier alpha value is -3.03. The lowest BCUT2D eigenvalue weighted by atomic mass is 10.1. The number of carbonyl (C=O) groups is 1. The van der Waals surface area contributed by atoms with Crippen LogP contribution in [-0.2, 0) is 0 Å². The SMILES string of the molecule is O=C(NCCCO)c1cc(-c2cnc3[nH]c(-c4ccc(F)cc4)cc3c2)cs1. The van der Waals surface area contributed by atoms with Crippen LogP contribution in [0.5, 0.6) is 0 Å². The first-order chi connectivity index (χ1) is 13.6. The number of H-pyrrole nitrogens is 1. The molecule has 3 N–H and O–H groups in total. The van der Waals surface area contributed by atoms with Gasteiger partial charge in [0.25, 0.3) is 5.91 Å². The van der Waals surface area contributed by atoms with E-state index >= 15 is 0 Å². The maximum Gasteiger partial charge on any atom is 0.261 e. The van der Waals surface area contributed by atoms with Gasteiger partial charge in [0.1, 0.15) is 11.5 Å². The summed E-state index contributed by atoms with van der Waals surface area (Å²) in [7, 11) is 0. The van der Waals surface area contributed by atoms with Crippen LogP contribution in [0.1, 0.15) is 16.1 Å². The predicted molar refractivity (Wildman–Crippen MR) is 109 cm³/mol. The number of aliphatic hydroxyl groups is 1. The summed E-state index contributed by atoms with van der Waals surface area (Å²) in [4.78, 5) is 20.5. The molecule has 0 spiro atoms. The van der Waals surface area contributed by atoms with Gasteiger partial charge in [-0.25, -0.2) is 9.37 Å². The molecule has 1 aromatic carbocycles. The van der Waals surface area contributed by atoms with Crippen molar-refractivity contribution < 1.29 is 14.3 Å². The van der Waals surface area contributed by atoms with E-state index in [2.05, 4.69) is 15.3 Å². The molecular formula is C21H18FN3O2S. The Balaban J connectivity index is 1.58. The number of nitrogens with one attached hydrogen (secondary N) is 2. The van der Waals surface area contributed by atoms with Crippen LogP contribution in [0, 0.1) is 5.82 Å². The number of thiophene rings is 1. The minimum absolute atomic E-state index is 0.0538. The van der Waals surface area contributed by atoms with Gasteiger partial charge in [-0.1, -0.05) is 0 Å². The molecule has 4 aromatic rings. The number of nitrogens with zero attached hydrogens (tertiary/aromatic N) is 1. The van der Waals surface area contributed by atoms with Crippen molar-refractivity contribution in [2.75, 3.05) is 13.2 Å². The molecule has 0 atom stereocenters. The number of halogens is 1. The fraction of sp³-hybridized carbons (Fsp3) is 0.143. The number of hydrogen-bond donors (Lipinski definition) is 3. The molecule has 0 radical (unpaired) electrons. The number of amides is 1. The lowest BCUT2D eigenvalue weighted by molar-refractivity contribution is 0.0955. The number of hydrogen-bond acceptors (Lipinski definition) is 4. The molecule has 1 amide bonds. The van der Waals surface area contributed by atoms with Crippen molar-refractivity contribution in [2.24, 2.45) is 0 Å². The number of fused-ring (bicyclic) bond motifs is 1. The van der Waals surface area contributed by atoms with Crippen LogP contribution >= 0.6 is 11.3 Å². The smallest absolute Gasteiger partial charge is 0.261 e. The molecule has 0 bridgehead atoms. The van der Waals surface area contributed by atoms with Crippen molar-refractivity contribution >= 4 is 28.3 Å². The van der Waals surface area contributed by atoms with Gasteiger partial charge in [-0.05, 0) is 65.4 Å². The second kappa shape index (κ2) is 7.92. The van der Waals surface area contributed by atoms with E-state index < -0.39 is 0 Å². The van der Waals surface area contributed by atoms with Crippen LogP contribution < -0.4 is 5.32 Å². The number of carbonyl (C=O) groups excluding carboxylic acids is 1. The summed E-state index contributed by atoms with van der Waals surface area (Å²) in [6.45, 7) is 0.504. The molecule has 0 saturated heterocycles. The van der Waals surface area contributed by atoms with Crippen LogP contribution in [0.2, 0.25) is 0 Å². The normalized spacial score (nSPS) is 11.1. The zero-order valence-corrected chi connectivity index (χ0v) is 15.7. The molecule has 4 rings (SSSR count). The van der Waals surface area contributed by atoms with Gasteiger partial charge >= 0.3 is 0 Å². The Kier molecular flexibility index (Phi) is 5.18. The number of aromatic amines is 1. The number of pyridine rings is 1. The molecule has 0 fully saturated rings. The van der Waals surface area contributed by atoms with Gasteiger partial charge in [0.2, 0.25) is 0 Å². The summed E-state index contributed by atoms with van der Waals surface area (Å²) in [5, 5.41) is 14.5. The van der Waals surface area contributed by atoms with E-state index in [0.717, 1.165) is 33.4 Å². The van der Waals surface area contributed by atoms with Crippen molar-refractivity contribution in [1.29, 1.82) is 0 Å². The van der Waals surface area contributed by atoms with E-state index in [1.807, 2.05) is 23.6 Å². The average Bonchev–Trinajstić information content (AvgIpc) is 3.35. The van der Waals surface area contributed by atoms with E-state index in [9.17, 15) is 9.18 Å². The highest BCUT2D eigenvalue weighted by Gasteiger charge is 2.11. The summed E-state index contributed by atoms with van der Waals surface area (Å²) >= 11 is 1.37. The van der Waals surface area contributed by atoms with Gasteiger partial charge < -0.3 is 15.4 Å². The van der Waals surface area contributed by atoms with Crippen LogP contribution in [0.15, 0.2) is 54.0 Å². The molecular weight excluding hydrogens is 377 g/mol. The zero-order valence-electron chi connectivity index (χ0n) is 14.9. The predicted octanol–water partition coefficient (Wildman–Crippen LogP) is 4.21. The molecule has 3 aromatic heterocycles. The standard InChI is InChI=1S/C21H18FN3O2S/c22-17-4-2-13(3-5-17)18-9-14-8-15(11-24-20(14)25-18)16-10-19(28-12-16)21(27)23-6-1-7-26/h2-5,8-12,26H,1,6-7H2,(H,23,27)(H,24,25). The van der Waals surface area contributed by atoms with E-state index in [1.165, 1.54) is 23.5 Å². The summed E-state index contributed by atoms with van der Waals surface area (Å²) in [6, 6.07) is 12.1. The lowest BCUT2D eigenvalue weighted by Gasteiger charge is -2.01. The highest BCUT2D eigenvalue weighted by molar-refractivity contribution is 7.12. The van der Waals surface area contributed by atoms with Gasteiger partial charge in [-0.3, -0.25) is 4.79 Å². The first-order valence-corrected chi connectivity index (χ1v) is 9.74. The van der Waals surface area contributed by atoms with Gasteiger partial charge in [0.15, 0.2) is 0 Å². The molecule has 0 saturated carbocycles. The second-order valence-electron chi connectivity index (χ2n) is 6.38. The van der Waals surface area contributed by atoms with E-state index in [-0.39, 0.29) is 18.3 Å². The topological polar surface area (TPSA) is 78.0 Å². The van der Waals surface area contributed by atoms with Crippen molar-refractivity contribution in [2.45, 2.75) is 6.42 Å². The molecule has 0 unspecified atom stereocenters. The first-order valence-electron chi connectivity index (χ1n) is 8.87. The van der Waals surface area contributed by atoms with Crippen LogP contribution in [-0.4, -0.2) is 34.1 Å². The third-order valence-corrected chi connectivity index (χ3v) is 5.33. The van der Waals surface area contributed by atoms with Gasteiger partial charge in [0.05, 0.1) is 4.88 Å². The van der Waals surface area contributed by atoms with Crippen molar-refractivity contribution in [3.8, 4) is 22.4 Å². The molecule has 5 nitrogen and oxygen atoms in total. The average molecular weight is 395 g/mol. The number of rotatable bonds is 6. The fourth-order valence-electron chi connectivity index (χ4n) is 2.93. The van der Waals surface area contributed by atoms with Crippen LogP contribution in [0.25, 0.3) is 33.4 Å². The molecule has 3 heterocycles. The Labute approximate surface area is 164 Å². The number of aliphatic hydroxyl groups excluding tert-OH is 1. The van der Waals surface area contributed by atoms with Crippen molar-refractivity contribution in [3.05, 3.63) is 64.7 Å². The van der Waals surface area contributed by atoms with E-state index in [1.54, 1.807) is 18.3 Å². The molecule has 0 aliphatic carbocycles. The molecule has 7 heteroatoms. The Morgan fingerprint density at radius 1 is 1.14 bits per heavy atom. The van der Waals surface area contributed by atoms with Gasteiger partial charge in [-0.15, -0.1) is 11.3 Å². The van der Waals surface area contributed by atoms with Crippen molar-refractivity contribution in [1.82, 2.24) is 15.3 Å². The van der Waals surface area contributed by atoms with Crippen LogP contribution in [0.3, 0.4) is 0 Å². The summed E-state index contributed by atoms with van der Waals surface area (Å²) < 4.78 is 13.1. The summed E-state index contributed by atoms with van der Waals surface area (Å²) in [6.07, 6.45) is 2.30. The molecule has 28 heavy (non-hydrogen) atoms. The summed E-state index contributed by atoms with van der Waals surface area (Å²) in [5.74, 6) is -0.409. The maximum absolute atomic E-state index is 13.1. The van der Waals surface area contributed by atoms with Gasteiger partial charge in [-0.2, -0.15) is 0 Å². The van der Waals surface area contributed by atoms with Crippen LogP contribution in [0.4, 0.5) is 4.39 Å². The van der Waals surface area contributed by atoms with Gasteiger partial charge in [0, 0.05) is 36.0 Å². The highest BCUT2D eigenvalue weighted by Crippen LogP contribution is 2.29. The lowest BCUT2D eigenvalue weighted by Crippen LogP contribution is -2.24. The van der Waals surface area contributed by atoms with E-state index in [0.29, 0.717) is 17.8 Å². The van der Waals surface area contributed by atoms with Crippen molar-refractivity contribution in [3.63, 3.8) is 0 Å². The molecule has 0 aliphatic heterocycles. The minimum atomic E-state index is -0.270. The molecule has 142 valence electrons. The second-order valence-corrected chi connectivity index (χ2v) is 7.30. The quantitative estimate of drug-likeness (QED) is 0.428. The summed E-state index contributed by atoms with van der Waals surface area (Å²) in [5.41, 5.74) is 4.35. The highest BCUT2D eigenvalue weighted by atomic mass is 32.1. The Bertz CT molecular complexity index is 1120. The minimum Gasteiger partial charge on any atom is -0.396 e. The fourth-order valence-corrected chi connectivity index (χ4v) is 3.77. The third kappa shape index (κ3) is 3.81. The monoisotopic (exact) mass is 395 g/mol. The third-order valence-electron chi connectivity index (χ3n) is 4.40. The van der Waals surface area contributed by atoms with E-state index in [4.69, 9.17) is 5.11 Å². The largest absolute Gasteiger partial charge is 0.396 e. The number of aromatic nitrogens is 2. The molecule has 0 aliphatic rings. The Morgan fingerprint density at radius 2 is 1.96 bits per heavy atom. The zero-order chi connectivity index (χ0) is 19.5. The first kappa shape index (κ1) is 18.3. The Morgan fingerprint density at radius 3 is 2.75 bits per heavy atom. The maximum atomic E-state index is 13.1. The number of benzene rings is 1.